The van der Waals surface area contributed by atoms with Crippen molar-refractivity contribution in [3.8, 4) is 0 Å². The summed E-state index contributed by atoms with van der Waals surface area (Å²) in [5, 5.41) is 7.15. The smallest absolute Gasteiger partial charge is 0.224 e. The highest BCUT2D eigenvalue weighted by Crippen LogP contribution is 2.28. The molecule has 0 aliphatic carbocycles. The van der Waals surface area contributed by atoms with Crippen molar-refractivity contribution in [2.45, 2.75) is 6.92 Å². The number of hydrogen-bond acceptors (Lipinski definition) is 4. The Hall–Kier alpha value is -1.52. The Labute approximate surface area is 115 Å². The molecule has 1 aromatic heterocycles. The molecular formula is C12H12Cl2N4. The molecular weight excluding hydrogens is 271 g/mol. The lowest BCUT2D eigenvalue weighted by Crippen LogP contribution is -2.02. The van der Waals surface area contributed by atoms with Crippen molar-refractivity contribution in [2.75, 3.05) is 17.7 Å². The van der Waals surface area contributed by atoms with E-state index >= 15 is 0 Å². The maximum absolute atomic E-state index is 6.06. The lowest BCUT2D eigenvalue weighted by Gasteiger charge is -2.11. The Morgan fingerprint density at radius 3 is 2.67 bits per heavy atom. The minimum absolute atomic E-state index is 0.452. The molecule has 1 aromatic carbocycles. The van der Waals surface area contributed by atoms with E-state index in [0.717, 1.165) is 11.3 Å². The summed E-state index contributed by atoms with van der Waals surface area (Å²) < 4.78 is 0. The van der Waals surface area contributed by atoms with Crippen LogP contribution < -0.4 is 10.6 Å². The summed E-state index contributed by atoms with van der Waals surface area (Å²) in [5.41, 5.74) is 1.81. The SMILES string of the molecule is CNc1ncc(Cl)c(Nc2cccc(Cl)c2C)n1. The highest BCUT2D eigenvalue weighted by atomic mass is 35.5. The van der Waals surface area contributed by atoms with Crippen LogP contribution >= 0.6 is 23.2 Å². The van der Waals surface area contributed by atoms with Gasteiger partial charge in [0.25, 0.3) is 0 Å². The van der Waals surface area contributed by atoms with E-state index in [1.165, 1.54) is 0 Å². The maximum atomic E-state index is 6.06. The molecule has 2 rings (SSSR count). The Balaban J connectivity index is 2.36. The van der Waals surface area contributed by atoms with Gasteiger partial charge in [-0.15, -0.1) is 0 Å². The molecule has 0 unspecified atom stereocenters. The number of hydrogen-bond donors (Lipinski definition) is 2. The van der Waals surface area contributed by atoms with Gasteiger partial charge in [0, 0.05) is 17.8 Å². The third-order valence-corrected chi connectivity index (χ3v) is 3.17. The van der Waals surface area contributed by atoms with Crippen LogP contribution in [0.4, 0.5) is 17.5 Å². The predicted molar refractivity (Wildman–Crippen MR) is 76.1 cm³/mol. The maximum Gasteiger partial charge on any atom is 0.224 e. The fourth-order valence-corrected chi connectivity index (χ4v) is 1.76. The quantitative estimate of drug-likeness (QED) is 0.897. The number of nitrogens with one attached hydrogen (secondary N) is 2. The monoisotopic (exact) mass is 282 g/mol. The number of anilines is 3. The first kappa shape index (κ1) is 12.9. The largest absolute Gasteiger partial charge is 0.357 e. The Kier molecular flexibility index (Phi) is 3.89. The van der Waals surface area contributed by atoms with E-state index in [4.69, 9.17) is 23.2 Å². The first-order chi connectivity index (χ1) is 8.61. The van der Waals surface area contributed by atoms with Crippen molar-refractivity contribution >= 4 is 40.7 Å². The van der Waals surface area contributed by atoms with E-state index in [0.29, 0.717) is 21.8 Å². The molecule has 94 valence electrons. The van der Waals surface area contributed by atoms with Gasteiger partial charge in [-0.1, -0.05) is 29.3 Å². The second-order valence-corrected chi connectivity index (χ2v) is 4.49. The molecule has 0 radical (unpaired) electrons. The zero-order valence-electron chi connectivity index (χ0n) is 9.96. The zero-order valence-corrected chi connectivity index (χ0v) is 11.5. The van der Waals surface area contributed by atoms with Crippen LogP contribution in [0.3, 0.4) is 0 Å². The summed E-state index contributed by atoms with van der Waals surface area (Å²) in [7, 11) is 1.75. The molecule has 0 amide bonds. The highest BCUT2D eigenvalue weighted by molar-refractivity contribution is 6.33. The zero-order chi connectivity index (χ0) is 13.1. The molecule has 0 saturated carbocycles. The number of benzene rings is 1. The number of aromatic nitrogens is 2. The lowest BCUT2D eigenvalue weighted by molar-refractivity contribution is 1.15. The first-order valence-corrected chi connectivity index (χ1v) is 6.10. The minimum atomic E-state index is 0.452. The molecule has 2 aromatic rings. The molecule has 6 heteroatoms. The Morgan fingerprint density at radius 2 is 1.94 bits per heavy atom. The van der Waals surface area contributed by atoms with Gasteiger partial charge in [-0.2, -0.15) is 4.98 Å². The van der Waals surface area contributed by atoms with Crippen LogP contribution in [-0.4, -0.2) is 17.0 Å². The molecule has 1 heterocycles. The fourth-order valence-electron chi connectivity index (χ4n) is 1.45. The van der Waals surface area contributed by atoms with Crippen LogP contribution in [0.25, 0.3) is 0 Å². The van der Waals surface area contributed by atoms with Crippen molar-refractivity contribution in [3.05, 3.63) is 40.0 Å². The molecule has 0 aliphatic rings. The number of nitrogens with zero attached hydrogens (tertiary/aromatic N) is 2. The number of rotatable bonds is 3. The van der Waals surface area contributed by atoms with E-state index in [1.807, 2.05) is 25.1 Å². The molecule has 18 heavy (non-hydrogen) atoms. The second kappa shape index (κ2) is 5.42. The van der Waals surface area contributed by atoms with Gasteiger partial charge in [0.05, 0.1) is 6.20 Å². The van der Waals surface area contributed by atoms with Crippen LogP contribution in [0.1, 0.15) is 5.56 Å². The van der Waals surface area contributed by atoms with Crippen molar-refractivity contribution in [3.63, 3.8) is 0 Å². The van der Waals surface area contributed by atoms with Crippen LogP contribution in [0.2, 0.25) is 10.0 Å². The summed E-state index contributed by atoms with van der Waals surface area (Å²) in [5.74, 6) is 1.04. The van der Waals surface area contributed by atoms with Crippen molar-refractivity contribution in [2.24, 2.45) is 0 Å². The van der Waals surface area contributed by atoms with Gasteiger partial charge >= 0.3 is 0 Å². The average Bonchev–Trinajstić information content (AvgIpc) is 2.37. The first-order valence-electron chi connectivity index (χ1n) is 5.34. The van der Waals surface area contributed by atoms with Gasteiger partial charge in [0.1, 0.15) is 5.02 Å². The number of halogens is 2. The van der Waals surface area contributed by atoms with Crippen molar-refractivity contribution < 1.29 is 0 Å². The summed E-state index contributed by atoms with van der Waals surface area (Å²) in [4.78, 5) is 8.27. The minimum Gasteiger partial charge on any atom is -0.357 e. The highest BCUT2D eigenvalue weighted by Gasteiger charge is 2.07. The van der Waals surface area contributed by atoms with E-state index in [-0.39, 0.29) is 0 Å². The van der Waals surface area contributed by atoms with E-state index in [1.54, 1.807) is 13.2 Å². The normalized spacial score (nSPS) is 10.2. The van der Waals surface area contributed by atoms with Gasteiger partial charge in [-0.05, 0) is 24.6 Å². The van der Waals surface area contributed by atoms with Gasteiger partial charge < -0.3 is 10.6 Å². The summed E-state index contributed by atoms with van der Waals surface area (Å²) >= 11 is 12.1. The second-order valence-electron chi connectivity index (χ2n) is 3.68. The van der Waals surface area contributed by atoms with Crippen LogP contribution in [0.15, 0.2) is 24.4 Å². The fraction of sp³-hybridized carbons (Fsp3) is 0.167. The van der Waals surface area contributed by atoms with Gasteiger partial charge in [0.2, 0.25) is 5.95 Å². The van der Waals surface area contributed by atoms with Gasteiger partial charge in [-0.3, -0.25) is 0 Å². The molecule has 0 aliphatic heterocycles. The molecule has 0 spiro atoms. The molecule has 0 atom stereocenters. The summed E-state index contributed by atoms with van der Waals surface area (Å²) in [6.07, 6.45) is 1.54. The average molecular weight is 283 g/mol. The van der Waals surface area contributed by atoms with E-state index < -0.39 is 0 Å². The van der Waals surface area contributed by atoms with Crippen LogP contribution in [0, 0.1) is 6.92 Å². The standard InChI is InChI=1S/C12H12Cl2N4/c1-7-8(13)4-3-5-10(7)17-11-9(14)6-16-12(15-2)18-11/h3-6H,1-2H3,(H2,15,16,17,18). The van der Waals surface area contributed by atoms with E-state index in [9.17, 15) is 0 Å². The van der Waals surface area contributed by atoms with Crippen LogP contribution in [0.5, 0.6) is 0 Å². The van der Waals surface area contributed by atoms with E-state index in [2.05, 4.69) is 20.6 Å². The predicted octanol–water partition coefficient (Wildman–Crippen LogP) is 3.88. The van der Waals surface area contributed by atoms with Gasteiger partial charge in [-0.25, -0.2) is 4.98 Å². The lowest BCUT2D eigenvalue weighted by atomic mass is 10.2. The van der Waals surface area contributed by atoms with Gasteiger partial charge in [0.15, 0.2) is 5.82 Å². The van der Waals surface area contributed by atoms with Crippen molar-refractivity contribution in [1.82, 2.24) is 9.97 Å². The molecule has 2 N–H and O–H groups in total. The molecule has 0 fully saturated rings. The molecule has 4 nitrogen and oxygen atoms in total. The summed E-state index contributed by atoms with van der Waals surface area (Å²) in [6, 6.07) is 5.62. The van der Waals surface area contributed by atoms with Crippen LogP contribution in [-0.2, 0) is 0 Å². The summed E-state index contributed by atoms with van der Waals surface area (Å²) in [6.45, 7) is 1.93. The Bertz CT molecular complexity index is 572. The Morgan fingerprint density at radius 1 is 1.17 bits per heavy atom. The third-order valence-electron chi connectivity index (χ3n) is 2.49. The topological polar surface area (TPSA) is 49.8 Å². The van der Waals surface area contributed by atoms with Crippen molar-refractivity contribution in [1.29, 1.82) is 0 Å². The third kappa shape index (κ3) is 2.66. The molecule has 0 bridgehead atoms. The molecule has 0 saturated heterocycles.